The van der Waals surface area contributed by atoms with Crippen LogP contribution in [0.1, 0.15) is 30.1 Å². The molecule has 1 aliphatic heterocycles. The molecule has 5 rings (SSSR count). The van der Waals surface area contributed by atoms with Gasteiger partial charge in [-0.2, -0.15) is 0 Å². The number of aromatic nitrogens is 4. The maximum atomic E-state index is 14.6. The number of likely N-dealkylation sites (tertiary alicyclic amines) is 1. The zero-order valence-electron chi connectivity index (χ0n) is 19.8. The fraction of sp³-hybridized carbons (Fsp3) is 0.308. The molecule has 4 aromatic rings. The van der Waals surface area contributed by atoms with E-state index in [1.807, 2.05) is 30.0 Å². The van der Waals surface area contributed by atoms with Crippen LogP contribution in [-0.2, 0) is 0 Å². The largest absolute Gasteiger partial charge is 0.493 e. The Bertz CT molecular complexity index is 1390. The van der Waals surface area contributed by atoms with Gasteiger partial charge in [-0.05, 0) is 43.9 Å². The van der Waals surface area contributed by atoms with Gasteiger partial charge in [0.15, 0.2) is 17.5 Å². The molecule has 0 bridgehead atoms. The van der Waals surface area contributed by atoms with Gasteiger partial charge in [0.1, 0.15) is 11.4 Å². The number of ether oxygens (including phenoxy) is 1. The van der Waals surface area contributed by atoms with E-state index >= 15 is 0 Å². The molecule has 0 radical (unpaired) electrons. The lowest BCUT2D eigenvalue weighted by molar-refractivity contribution is 0.0676. The van der Waals surface area contributed by atoms with Crippen molar-refractivity contribution in [3.05, 3.63) is 65.3 Å². The van der Waals surface area contributed by atoms with Gasteiger partial charge in [-0.1, -0.05) is 23.7 Å². The lowest BCUT2D eigenvalue weighted by atomic mass is 9.97. The minimum absolute atomic E-state index is 0.0501. The molecule has 186 valence electrons. The third-order valence-corrected chi connectivity index (χ3v) is 6.47. The second-order valence-corrected chi connectivity index (χ2v) is 9.15. The van der Waals surface area contributed by atoms with E-state index < -0.39 is 5.82 Å². The molecule has 1 atom stereocenters. The minimum atomic E-state index is -0.538. The van der Waals surface area contributed by atoms with Crippen LogP contribution in [0.4, 0.5) is 10.2 Å². The van der Waals surface area contributed by atoms with Crippen LogP contribution in [0.3, 0.4) is 0 Å². The zero-order chi connectivity index (χ0) is 25.1. The minimum Gasteiger partial charge on any atom is -0.493 e. The number of benzene rings is 1. The first-order valence-corrected chi connectivity index (χ1v) is 12.3. The highest BCUT2D eigenvalue weighted by Gasteiger charge is 2.26. The molecular weight excluding hydrogens is 483 g/mol. The summed E-state index contributed by atoms with van der Waals surface area (Å²) in [6.07, 6.45) is 6.24. The first-order chi connectivity index (χ1) is 17.5. The number of rotatable bonds is 7. The average Bonchev–Trinajstić information content (AvgIpc) is 3.31. The molecule has 2 N–H and O–H groups in total. The SMILES string of the molecule is CCOc1ccccc1C(=O)N1CCC[C@H](CNc2nc(-c3c[nH]c4ncc(Cl)cc34)ncc2F)C1. The molecule has 1 aliphatic rings. The summed E-state index contributed by atoms with van der Waals surface area (Å²) in [6.45, 7) is 4.11. The van der Waals surface area contributed by atoms with E-state index in [9.17, 15) is 9.18 Å². The van der Waals surface area contributed by atoms with Crippen LogP contribution in [0.5, 0.6) is 5.75 Å². The molecule has 10 heteroatoms. The van der Waals surface area contributed by atoms with Gasteiger partial charge in [-0.3, -0.25) is 4.79 Å². The number of piperidine rings is 1. The summed E-state index contributed by atoms with van der Waals surface area (Å²) in [5.41, 5.74) is 1.90. The number of hydrogen-bond acceptors (Lipinski definition) is 6. The van der Waals surface area contributed by atoms with Crippen molar-refractivity contribution in [1.29, 1.82) is 0 Å². The number of nitrogens with zero attached hydrogens (tertiary/aromatic N) is 4. The van der Waals surface area contributed by atoms with E-state index in [2.05, 4.69) is 25.3 Å². The molecule has 1 amide bonds. The number of anilines is 1. The van der Waals surface area contributed by atoms with Gasteiger partial charge in [0.05, 0.1) is 23.4 Å². The Labute approximate surface area is 212 Å². The summed E-state index contributed by atoms with van der Waals surface area (Å²) in [5, 5.41) is 4.38. The van der Waals surface area contributed by atoms with Crippen LogP contribution in [0, 0.1) is 11.7 Å². The second-order valence-electron chi connectivity index (χ2n) is 8.71. The quantitative estimate of drug-likeness (QED) is 0.357. The number of H-pyrrole nitrogens is 1. The van der Waals surface area contributed by atoms with Crippen molar-refractivity contribution in [3.63, 3.8) is 0 Å². The average molecular weight is 509 g/mol. The Kier molecular flexibility index (Phi) is 6.99. The summed E-state index contributed by atoms with van der Waals surface area (Å²) >= 11 is 6.10. The Hall–Kier alpha value is -3.72. The maximum absolute atomic E-state index is 14.6. The van der Waals surface area contributed by atoms with E-state index in [1.165, 1.54) is 0 Å². The van der Waals surface area contributed by atoms with Gasteiger partial charge in [-0.25, -0.2) is 19.3 Å². The molecule has 1 fully saturated rings. The number of hydrogen-bond donors (Lipinski definition) is 2. The van der Waals surface area contributed by atoms with Crippen LogP contribution >= 0.6 is 11.6 Å². The highest BCUT2D eigenvalue weighted by Crippen LogP contribution is 2.29. The molecule has 0 aliphatic carbocycles. The molecule has 0 spiro atoms. The molecular formula is C26H26ClFN6O2. The van der Waals surface area contributed by atoms with Crippen molar-refractivity contribution < 1.29 is 13.9 Å². The number of fused-ring (bicyclic) bond motifs is 1. The highest BCUT2D eigenvalue weighted by atomic mass is 35.5. The number of halogens is 2. The van der Waals surface area contributed by atoms with Crippen LogP contribution < -0.4 is 10.1 Å². The summed E-state index contributed by atoms with van der Waals surface area (Å²) in [6, 6.07) is 9.07. The van der Waals surface area contributed by atoms with Gasteiger partial charge < -0.3 is 19.9 Å². The number of carbonyl (C=O) groups excluding carboxylic acids is 1. The Morgan fingerprint density at radius 2 is 2.17 bits per heavy atom. The van der Waals surface area contributed by atoms with E-state index in [-0.39, 0.29) is 17.6 Å². The number of pyridine rings is 1. The predicted molar refractivity (Wildman–Crippen MR) is 137 cm³/mol. The molecule has 8 nitrogen and oxygen atoms in total. The lowest BCUT2D eigenvalue weighted by Gasteiger charge is -2.33. The number of aromatic amines is 1. The standard InChI is InChI=1S/C26H26ClFN6O2/c1-2-36-22-8-4-3-7-18(22)26(35)34-9-5-6-16(15-34)11-29-25-21(28)14-32-24(33-25)20-13-31-23-19(20)10-17(27)12-30-23/h3-4,7-8,10,12-14,16H,2,5-6,9,11,15H2,1H3,(H,30,31)(H,29,32,33)/t16-/m1/s1. The Morgan fingerprint density at radius 3 is 3.03 bits per heavy atom. The van der Waals surface area contributed by atoms with E-state index in [4.69, 9.17) is 16.3 Å². The molecule has 1 saturated heterocycles. The van der Waals surface area contributed by atoms with E-state index in [1.54, 1.807) is 24.5 Å². The third-order valence-electron chi connectivity index (χ3n) is 6.26. The van der Waals surface area contributed by atoms with Crippen LogP contribution in [0.2, 0.25) is 5.02 Å². The first kappa shape index (κ1) is 24.0. The van der Waals surface area contributed by atoms with E-state index in [0.29, 0.717) is 59.6 Å². The molecule has 4 heterocycles. The molecule has 0 unspecified atom stereocenters. The normalized spacial score (nSPS) is 15.8. The number of amides is 1. The highest BCUT2D eigenvalue weighted by molar-refractivity contribution is 6.31. The van der Waals surface area contributed by atoms with Crippen molar-refractivity contribution in [3.8, 4) is 17.1 Å². The van der Waals surface area contributed by atoms with Gasteiger partial charge in [0.25, 0.3) is 5.91 Å². The number of para-hydroxylation sites is 1. The van der Waals surface area contributed by atoms with Crippen LogP contribution in [0.15, 0.2) is 48.9 Å². The Balaban J connectivity index is 1.29. The first-order valence-electron chi connectivity index (χ1n) is 11.9. The number of nitrogens with one attached hydrogen (secondary N) is 2. The van der Waals surface area contributed by atoms with Gasteiger partial charge in [-0.15, -0.1) is 0 Å². The molecule has 3 aromatic heterocycles. The van der Waals surface area contributed by atoms with E-state index in [0.717, 1.165) is 24.4 Å². The summed E-state index contributed by atoms with van der Waals surface area (Å²) in [5.74, 6) is 0.636. The van der Waals surface area contributed by atoms with Gasteiger partial charge in [0, 0.05) is 43.0 Å². The fourth-order valence-electron chi connectivity index (χ4n) is 4.54. The smallest absolute Gasteiger partial charge is 0.257 e. The molecule has 0 saturated carbocycles. The fourth-order valence-corrected chi connectivity index (χ4v) is 4.69. The van der Waals surface area contributed by atoms with Crippen LogP contribution in [0.25, 0.3) is 22.4 Å². The summed E-state index contributed by atoms with van der Waals surface area (Å²) in [7, 11) is 0. The Morgan fingerprint density at radius 1 is 1.31 bits per heavy atom. The van der Waals surface area contributed by atoms with Gasteiger partial charge >= 0.3 is 0 Å². The number of carbonyl (C=O) groups is 1. The van der Waals surface area contributed by atoms with Crippen molar-refractivity contribution >= 4 is 34.4 Å². The van der Waals surface area contributed by atoms with Crippen molar-refractivity contribution in [2.45, 2.75) is 19.8 Å². The van der Waals surface area contributed by atoms with Crippen molar-refractivity contribution in [2.24, 2.45) is 5.92 Å². The topological polar surface area (TPSA) is 96.0 Å². The zero-order valence-corrected chi connectivity index (χ0v) is 20.6. The van der Waals surface area contributed by atoms with Crippen molar-refractivity contribution in [1.82, 2.24) is 24.8 Å². The maximum Gasteiger partial charge on any atom is 0.257 e. The second kappa shape index (κ2) is 10.5. The molecule has 1 aromatic carbocycles. The summed E-state index contributed by atoms with van der Waals surface area (Å²) < 4.78 is 20.2. The third kappa shape index (κ3) is 4.97. The monoisotopic (exact) mass is 508 g/mol. The van der Waals surface area contributed by atoms with Crippen LogP contribution in [-0.4, -0.2) is 57.0 Å². The lowest BCUT2D eigenvalue weighted by Crippen LogP contribution is -2.42. The summed E-state index contributed by atoms with van der Waals surface area (Å²) in [4.78, 5) is 31.0. The van der Waals surface area contributed by atoms with Crippen molar-refractivity contribution in [2.75, 3.05) is 31.6 Å². The van der Waals surface area contributed by atoms with Gasteiger partial charge in [0.2, 0.25) is 0 Å². The molecule has 36 heavy (non-hydrogen) atoms. The predicted octanol–water partition coefficient (Wildman–Crippen LogP) is 5.18.